The van der Waals surface area contributed by atoms with Crippen LogP contribution in [0.1, 0.15) is 25.3 Å². The minimum Gasteiger partial charge on any atom is -0.339 e. The topological polar surface area (TPSA) is 20.3 Å². The second kappa shape index (κ2) is 5.67. The lowest BCUT2D eigenvalue weighted by Crippen LogP contribution is -2.36. The highest BCUT2D eigenvalue weighted by Crippen LogP contribution is 2.16. The van der Waals surface area contributed by atoms with Gasteiger partial charge < -0.3 is 4.90 Å². The van der Waals surface area contributed by atoms with Gasteiger partial charge in [0.15, 0.2) is 0 Å². The van der Waals surface area contributed by atoms with E-state index < -0.39 is 0 Å². The van der Waals surface area contributed by atoms with Crippen LogP contribution in [0.15, 0.2) is 36.4 Å². The van der Waals surface area contributed by atoms with Gasteiger partial charge in [-0.25, -0.2) is 0 Å². The van der Waals surface area contributed by atoms with Crippen molar-refractivity contribution in [2.24, 2.45) is 5.92 Å². The van der Waals surface area contributed by atoms with Crippen LogP contribution in [0.2, 0.25) is 0 Å². The number of carbonyl (C=O) groups excluding carboxylic acids is 1. The molecule has 1 aliphatic rings. The number of rotatable bonds is 2. The van der Waals surface area contributed by atoms with Crippen LogP contribution < -0.4 is 0 Å². The molecule has 2 nitrogen and oxygen atoms in total. The van der Waals surface area contributed by atoms with E-state index in [4.69, 9.17) is 0 Å². The SMILES string of the molecule is CC1CCN(C(=O)/C=C/c2ccccc2)CC1. The summed E-state index contributed by atoms with van der Waals surface area (Å²) in [6.07, 6.45) is 5.83. The lowest BCUT2D eigenvalue weighted by Gasteiger charge is -2.29. The fraction of sp³-hybridized carbons (Fsp3) is 0.400. The standard InChI is InChI=1S/C15H19NO/c1-13-9-11-16(12-10-13)15(17)8-7-14-5-3-2-4-6-14/h2-8,13H,9-12H2,1H3/b8-7+. The molecule has 0 saturated carbocycles. The Morgan fingerprint density at radius 3 is 2.53 bits per heavy atom. The first kappa shape index (κ1) is 11.9. The smallest absolute Gasteiger partial charge is 0.246 e. The van der Waals surface area contributed by atoms with Gasteiger partial charge in [-0.2, -0.15) is 0 Å². The quantitative estimate of drug-likeness (QED) is 0.714. The Morgan fingerprint density at radius 1 is 1.24 bits per heavy atom. The lowest BCUT2D eigenvalue weighted by atomic mass is 9.99. The van der Waals surface area contributed by atoms with E-state index in [-0.39, 0.29) is 5.91 Å². The zero-order valence-corrected chi connectivity index (χ0v) is 10.3. The number of piperidine rings is 1. The van der Waals surface area contributed by atoms with E-state index >= 15 is 0 Å². The summed E-state index contributed by atoms with van der Waals surface area (Å²) in [5, 5.41) is 0. The third-order valence-electron chi connectivity index (χ3n) is 3.31. The Hall–Kier alpha value is -1.57. The van der Waals surface area contributed by atoms with Gasteiger partial charge in [0.05, 0.1) is 0 Å². The molecule has 0 aromatic heterocycles. The molecule has 0 spiro atoms. The van der Waals surface area contributed by atoms with E-state index in [0.29, 0.717) is 0 Å². The number of benzene rings is 1. The summed E-state index contributed by atoms with van der Waals surface area (Å²) in [7, 11) is 0. The molecule has 0 bridgehead atoms. The summed E-state index contributed by atoms with van der Waals surface area (Å²) >= 11 is 0. The van der Waals surface area contributed by atoms with Gasteiger partial charge in [0, 0.05) is 19.2 Å². The van der Waals surface area contributed by atoms with E-state index in [9.17, 15) is 4.79 Å². The maximum absolute atomic E-state index is 11.9. The number of carbonyl (C=O) groups is 1. The highest BCUT2D eigenvalue weighted by atomic mass is 16.2. The predicted octanol–water partition coefficient (Wildman–Crippen LogP) is 2.96. The number of nitrogens with zero attached hydrogens (tertiary/aromatic N) is 1. The summed E-state index contributed by atoms with van der Waals surface area (Å²) in [6.45, 7) is 4.06. The molecule has 17 heavy (non-hydrogen) atoms. The van der Waals surface area contributed by atoms with Crippen molar-refractivity contribution in [1.29, 1.82) is 0 Å². The molecular weight excluding hydrogens is 210 g/mol. The first-order valence-electron chi connectivity index (χ1n) is 6.28. The van der Waals surface area contributed by atoms with Gasteiger partial charge in [0.25, 0.3) is 0 Å². The number of hydrogen-bond acceptors (Lipinski definition) is 1. The fourth-order valence-corrected chi connectivity index (χ4v) is 2.07. The van der Waals surface area contributed by atoms with Crippen molar-refractivity contribution in [2.75, 3.05) is 13.1 Å². The van der Waals surface area contributed by atoms with Crippen LogP contribution in [0.5, 0.6) is 0 Å². The number of likely N-dealkylation sites (tertiary alicyclic amines) is 1. The highest BCUT2D eigenvalue weighted by molar-refractivity contribution is 5.91. The lowest BCUT2D eigenvalue weighted by molar-refractivity contribution is -0.127. The normalized spacial score (nSPS) is 17.6. The molecule has 90 valence electrons. The van der Waals surface area contributed by atoms with E-state index in [1.54, 1.807) is 6.08 Å². The summed E-state index contributed by atoms with van der Waals surface area (Å²) in [5.74, 6) is 0.901. The van der Waals surface area contributed by atoms with Crippen molar-refractivity contribution >= 4 is 12.0 Å². The summed E-state index contributed by atoms with van der Waals surface area (Å²) in [4.78, 5) is 13.9. The van der Waals surface area contributed by atoms with Crippen molar-refractivity contribution < 1.29 is 4.79 Å². The molecule has 0 radical (unpaired) electrons. The Kier molecular flexibility index (Phi) is 3.97. The fourth-order valence-electron chi connectivity index (χ4n) is 2.07. The Morgan fingerprint density at radius 2 is 1.88 bits per heavy atom. The molecular formula is C15H19NO. The predicted molar refractivity (Wildman–Crippen MR) is 70.5 cm³/mol. The van der Waals surface area contributed by atoms with Crippen LogP contribution in [-0.4, -0.2) is 23.9 Å². The van der Waals surface area contributed by atoms with Crippen LogP contribution in [-0.2, 0) is 4.79 Å². The van der Waals surface area contributed by atoms with E-state index in [0.717, 1.165) is 37.4 Å². The molecule has 0 unspecified atom stereocenters. The van der Waals surface area contributed by atoms with Gasteiger partial charge in [0.2, 0.25) is 5.91 Å². The Bertz CT molecular complexity index is 389. The number of amides is 1. The molecule has 1 aromatic carbocycles. The zero-order chi connectivity index (χ0) is 12.1. The van der Waals surface area contributed by atoms with Crippen molar-refractivity contribution in [1.82, 2.24) is 4.90 Å². The average Bonchev–Trinajstić information content (AvgIpc) is 2.38. The first-order valence-corrected chi connectivity index (χ1v) is 6.28. The van der Waals surface area contributed by atoms with Crippen molar-refractivity contribution in [3.8, 4) is 0 Å². The molecule has 0 atom stereocenters. The maximum atomic E-state index is 11.9. The van der Waals surface area contributed by atoms with Gasteiger partial charge in [0.1, 0.15) is 0 Å². The molecule has 1 saturated heterocycles. The van der Waals surface area contributed by atoms with E-state index in [1.165, 1.54) is 0 Å². The molecule has 2 rings (SSSR count). The summed E-state index contributed by atoms with van der Waals surface area (Å²) < 4.78 is 0. The van der Waals surface area contributed by atoms with Crippen LogP contribution in [0, 0.1) is 5.92 Å². The van der Waals surface area contributed by atoms with Crippen LogP contribution in [0.3, 0.4) is 0 Å². The van der Waals surface area contributed by atoms with Crippen molar-refractivity contribution in [2.45, 2.75) is 19.8 Å². The summed E-state index contributed by atoms with van der Waals surface area (Å²) in [6, 6.07) is 9.94. The third kappa shape index (κ3) is 3.45. The van der Waals surface area contributed by atoms with Crippen LogP contribution in [0.4, 0.5) is 0 Å². The molecule has 1 amide bonds. The Labute approximate surface area is 103 Å². The molecule has 1 aromatic rings. The maximum Gasteiger partial charge on any atom is 0.246 e. The largest absolute Gasteiger partial charge is 0.339 e. The van der Waals surface area contributed by atoms with Gasteiger partial charge >= 0.3 is 0 Å². The van der Waals surface area contributed by atoms with Gasteiger partial charge in [-0.15, -0.1) is 0 Å². The average molecular weight is 229 g/mol. The van der Waals surface area contributed by atoms with Gasteiger partial charge in [-0.05, 0) is 30.4 Å². The summed E-state index contributed by atoms with van der Waals surface area (Å²) in [5.41, 5.74) is 1.08. The molecule has 2 heteroatoms. The monoisotopic (exact) mass is 229 g/mol. The molecule has 1 fully saturated rings. The molecule has 1 aliphatic heterocycles. The number of hydrogen-bond donors (Lipinski definition) is 0. The third-order valence-corrected chi connectivity index (χ3v) is 3.31. The van der Waals surface area contributed by atoms with E-state index in [1.807, 2.05) is 41.3 Å². The van der Waals surface area contributed by atoms with Gasteiger partial charge in [-0.1, -0.05) is 37.3 Å². The second-order valence-electron chi connectivity index (χ2n) is 4.75. The minimum atomic E-state index is 0.140. The Balaban J connectivity index is 1.91. The molecule has 0 N–H and O–H groups in total. The van der Waals surface area contributed by atoms with Crippen LogP contribution in [0.25, 0.3) is 6.08 Å². The van der Waals surface area contributed by atoms with Crippen molar-refractivity contribution in [3.63, 3.8) is 0 Å². The van der Waals surface area contributed by atoms with Crippen LogP contribution >= 0.6 is 0 Å². The first-order chi connectivity index (χ1) is 8.25. The second-order valence-corrected chi connectivity index (χ2v) is 4.75. The van der Waals surface area contributed by atoms with Gasteiger partial charge in [-0.3, -0.25) is 4.79 Å². The van der Waals surface area contributed by atoms with Crippen molar-refractivity contribution in [3.05, 3.63) is 42.0 Å². The zero-order valence-electron chi connectivity index (χ0n) is 10.3. The highest BCUT2D eigenvalue weighted by Gasteiger charge is 2.18. The molecule has 1 heterocycles. The molecule has 0 aliphatic carbocycles. The van der Waals surface area contributed by atoms with E-state index in [2.05, 4.69) is 6.92 Å². The minimum absolute atomic E-state index is 0.140.